The molecule has 0 aliphatic rings. The minimum Gasteiger partial charge on any atom is -0.326 e. The van der Waals surface area contributed by atoms with E-state index in [0.717, 1.165) is 16.6 Å². The Morgan fingerprint density at radius 2 is 1.45 bits per heavy atom. The van der Waals surface area contributed by atoms with E-state index >= 15 is 0 Å². The molecule has 2 amide bonds. The average Bonchev–Trinajstić information content (AvgIpc) is 2.45. The molecule has 0 fully saturated rings. The smallest absolute Gasteiger partial charge is 0.233 e. The Kier molecular flexibility index (Phi) is 5.21. The molecule has 0 saturated carbocycles. The van der Waals surface area contributed by atoms with Crippen molar-refractivity contribution in [1.82, 2.24) is 0 Å². The van der Waals surface area contributed by atoms with Crippen molar-refractivity contribution in [2.45, 2.75) is 6.42 Å². The van der Waals surface area contributed by atoms with E-state index in [4.69, 9.17) is 0 Å². The summed E-state index contributed by atoms with van der Waals surface area (Å²) in [5.74, 6) is -3.20. The average molecular weight is 369 g/mol. The number of carbonyl (C=O) groups is 2. The molecule has 7 heteroatoms. The van der Waals surface area contributed by atoms with E-state index in [-0.39, 0.29) is 0 Å². The zero-order valence-electron chi connectivity index (χ0n) is 11.2. The number of para-hydroxylation sites is 1. The molecule has 0 aliphatic heterocycles. The van der Waals surface area contributed by atoms with Crippen LogP contribution in [0.5, 0.6) is 0 Å². The lowest BCUT2D eigenvalue weighted by Gasteiger charge is -2.08. The van der Waals surface area contributed by atoms with E-state index in [1.165, 1.54) is 6.07 Å². The van der Waals surface area contributed by atoms with E-state index in [1.54, 1.807) is 24.3 Å². The normalized spacial score (nSPS) is 10.1. The van der Waals surface area contributed by atoms with Crippen LogP contribution >= 0.6 is 15.9 Å². The third-order valence-electron chi connectivity index (χ3n) is 2.68. The van der Waals surface area contributed by atoms with Crippen molar-refractivity contribution < 1.29 is 18.4 Å². The number of rotatable bonds is 4. The Morgan fingerprint density at radius 3 is 2.05 bits per heavy atom. The highest BCUT2D eigenvalue weighted by Gasteiger charge is 2.14. The summed E-state index contributed by atoms with van der Waals surface area (Å²) in [6.45, 7) is 0. The van der Waals surface area contributed by atoms with Crippen molar-refractivity contribution in [3.63, 3.8) is 0 Å². The first kappa shape index (κ1) is 16.1. The molecular weight excluding hydrogens is 358 g/mol. The molecule has 0 bridgehead atoms. The summed E-state index contributed by atoms with van der Waals surface area (Å²) in [4.78, 5) is 23.4. The first-order chi connectivity index (χ1) is 10.5. The van der Waals surface area contributed by atoms with E-state index in [2.05, 4.69) is 21.2 Å². The highest BCUT2D eigenvalue weighted by Crippen LogP contribution is 2.18. The van der Waals surface area contributed by atoms with Gasteiger partial charge in [0.1, 0.15) is 23.7 Å². The highest BCUT2D eigenvalue weighted by atomic mass is 79.9. The molecular formula is C15H11BrF2N2O2. The van der Waals surface area contributed by atoms with Gasteiger partial charge in [0.2, 0.25) is 11.8 Å². The molecule has 0 saturated heterocycles. The van der Waals surface area contributed by atoms with Gasteiger partial charge in [-0.2, -0.15) is 0 Å². The Morgan fingerprint density at radius 1 is 0.909 bits per heavy atom. The maximum atomic E-state index is 13.4. The van der Waals surface area contributed by atoms with Crippen LogP contribution in [0.2, 0.25) is 0 Å². The number of carbonyl (C=O) groups excluding carboxylic acids is 2. The molecule has 0 radical (unpaired) electrons. The minimum atomic E-state index is -0.901. The standard InChI is InChI=1S/C15H11BrF2N2O2/c16-9-4-6-10(7-5-9)19-13(21)8-14(22)20-15-11(17)2-1-3-12(15)18/h1-7H,8H2,(H,19,21)(H,20,22). The second kappa shape index (κ2) is 7.13. The molecule has 0 unspecified atom stereocenters. The van der Waals surface area contributed by atoms with Gasteiger partial charge in [-0.3, -0.25) is 9.59 Å². The summed E-state index contributed by atoms with van der Waals surface area (Å²) in [5.41, 5.74) is -0.0537. The molecule has 4 nitrogen and oxygen atoms in total. The predicted octanol–water partition coefficient (Wildman–Crippen LogP) is 3.69. The van der Waals surface area contributed by atoms with Crippen LogP contribution in [0.3, 0.4) is 0 Å². The van der Waals surface area contributed by atoms with Gasteiger partial charge in [-0.25, -0.2) is 8.78 Å². The van der Waals surface area contributed by atoms with E-state index in [0.29, 0.717) is 5.69 Å². The summed E-state index contributed by atoms with van der Waals surface area (Å²) in [6, 6.07) is 9.96. The van der Waals surface area contributed by atoms with Crippen molar-refractivity contribution in [1.29, 1.82) is 0 Å². The first-order valence-corrected chi connectivity index (χ1v) is 7.04. The van der Waals surface area contributed by atoms with Crippen LogP contribution in [0.4, 0.5) is 20.2 Å². The fourth-order valence-corrected chi connectivity index (χ4v) is 1.95. The quantitative estimate of drug-likeness (QED) is 0.808. The Bertz CT molecular complexity index is 685. The van der Waals surface area contributed by atoms with Crippen LogP contribution in [0.15, 0.2) is 46.9 Å². The molecule has 114 valence electrons. The van der Waals surface area contributed by atoms with E-state index in [1.807, 2.05) is 5.32 Å². The van der Waals surface area contributed by atoms with Gasteiger partial charge in [-0.1, -0.05) is 22.0 Å². The van der Waals surface area contributed by atoms with Crippen molar-refractivity contribution in [2.24, 2.45) is 0 Å². The van der Waals surface area contributed by atoms with Gasteiger partial charge in [0, 0.05) is 10.2 Å². The number of halogens is 3. The Labute approximate surface area is 133 Å². The molecule has 0 spiro atoms. The first-order valence-electron chi connectivity index (χ1n) is 6.25. The van der Waals surface area contributed by atoms with Crippen LogP contribution in [-0.4, -0.2) is 11.8 Å². The van der Waals surface area contributed by atoms with Gasteiger partial charge in [0.15, 0.2) is 0 Å². The molecule has 2 aromatic carbocycles. The second-order valence-corrected chi connectivity index (χ2v) is 5.29. The van der Waals surface area contributed by atoms with Crippen molar-refractivity contribution in [2.75, 3.05) is 10.6 Å². The lowest BCUT2D eigenvalue weighted by molar-refractivity contribution is -0.123. The van der Waals surface area contributed by atoms with Crippen LogP contribution in [-0.2, 0) is 9.59 Å². The number of amides is 2. The van der Waals surface area contributed by atoms with Crippen LogP contribution < -0.4 is 10.6 Å². The number of nitrogens with one attached hydrogen (secondary N) is 2. The third kappa shape index (κ3) is 4.36. The number of hydrogen-bond donors (Lipinski definition) is 2. The summed E-state index contributed by atoms with van der Waals surface area (Å²) < 4.78 is 27.6. The third-order valence-corrected chi connectivity index (χ3v) is 3.20. The number of benzene rings is 2. The van der Waals surface area contributed by atoms with Gasteiger partial charge in [-0.15, -0.1) is 0 Å². The minimum absolute atomic E-state index is 0.512. The highest BCUT2D eigenvalue weighted by molar-refractivity contribution is 9.10. The zero-order valence-corrected chi connectivity index (χ0v) is 12.8. The SMILES string of the molecule is O=C(CC(=O)Nc1c(F)cccc1F)Nc1ccc(Br)cc1. The molecule has 0 aliphatic carbocycles. The van der Waals surface area contributed by atoms with Gasteiger partial charge < -0.3 is 10.6 Å². The zero-order chi connectivity index (χ0) is 16.1. The topological polar surface area (TPSA) is 58.2 Å². The second-order valence-electron chi connectivity index (χ2n) is 4.38. The number of anilines is 2. The van der Waals surface area contributed by atoms with Crippen LogP contribution in [0, 0.1) is 11.6 Å². The Balaban J connectivity index is 1.94. The summed E-state index contributed by atoms with van der Waals surface area (Å²) in [6.07, 6.45) is -0.552. The number of hydrogen-bond acceptors (Lipinski definition) is 2. The molecule has 0 aromatic heterocycles. The predicted molar refractivity (Wildman–Crippen MR) is 82.4 cm³/mol. The van der Waals surface area contributed by atoms with Crippen molar-refractivity contribution in [3.8, 4) is 0 Å². The molecule has 2 aromatic rings. The van der Waals surface area contributed by atoms with E-state index < -0.39 is 35.6 Å². The maximum Gasteiger partial charge on any atom is 0.233 e. The summed E-state index contributed by atoms with van der Waals surface area (Å²) >= 11 is 3.25. The van der Waals surface area contributed by atoms with Gasteiger partial charge in [-0.05, 0) is 36.4 Å². The van der Waals surface area contributed by atoms with Crippen molar-refractivity contribution in [3.05, 3.63) is 58.6 Å². The van der Waals surface area contributed by atoms with Crippen LogP contribution in [0.25, 0.3) is 0 Å². The van der Waals surface area contributed by atoms with Gasteiger partial charge in [0.25, 0.3) is 0 Å². The van der Waals surface area contributed by atoms with Gasteiger partial charge in [0.05, 0.1) is 0 Å². The van der Waals surface area contributed by atoms with Gasteiger partial charge >= 0.3 is 0 Å². The molecule has 0 atom stereocenters. The summed E-state index contributed by atoms with van der Waals surface area (Å²) in [5, 5.41) is 4.55. The molecule has 22 heavy (non-hydrogen) atoms. The fourth-order valence-electron chi connectivity index (χ4n) is 1.69. The van der Waals surface area contributed by atoms with E-state index in [9.17, 15) is 18.4 Å². The Hall–Kier alpha value is -2.28. The molecule has 0 heterocycles. The largest absolute Gasteiger partial charge is 0.326 e. The molecule has 2 N–H and O–H groups in total. The lowest BCUT2D eigenvalue weighted by Crippen LogP contribution is -2.22. The summed E-state index contributed by atoms with van der Waals surface area (Å²) in [7, 11) is 0. The monoisotopic (exact) mass is 368 g/mol. The van der Waals surface area contributed by atoms with Crippen molar-refractivity contribution >= 4 is 39.1 Å². The lowest BCUT2D eigenvalue weighted by atomic mass is 10.2. The fraction of sp³-hybridized carbons (Fsp3) is 0.0667. The maximum absolute atomic E-state index is 13.4. The molecule has 2 rings (SSSR count). The van der Waals surface area contributed by atoms with Crippen LogP contribution in [0.1, 0.15) is 6.42 Å².